The minimum Gasteiger partial charge on any atom is -0.485 e. The van der Waals surface area contributed by atoms with Crippen LogP contribution in [-0.4, -0.2) is 22.9 Å². The highest BCUT2D eigenvalue weighted by molar-refractivity contribution is 5.90. The predicted octanol–water partition coefficient (Wildman–Crippen LogP) is 3.11. The highest BCUT2D eigenvalue weighted by atomic mass is 16.5. The van der Waals surface area contributed by atoms with Gasteiger partial charge < -0.3 is 9.47 Å². The number of hydrogen-bond donors (Lipinski definition) is 0. The molecule has 0 radical (unpaired) electrons. The fourth-order valence-corrected chi connectivity index (χ4v) is 2.25. The molecule has 0 saturated heterocycles. The van der Waals surface area contributed by atoms with Crippen LogP contribution >= 0.6 is 0 Å². The Kier molecular flexibility index (Phi) is 4.77. The van der Waals surface area contributed by atoms with Crippen LogP contribution in [0.5, 0.6) is 5.75 Å². The van der Waals surface area contributed by atoms with E-state index >= 15 is 0 Å². The van der Waals surface area contributed by atoms with Crippen molar-refractivity contribution in [1.29, 1.82) is 5.26 Å². The van der Waals surface area contributed by atoms with E-state index in [9.17, 15) is 4.79 Å². The molecule has 3 aromatic rings. The van der Waals surface area contributed by atoms with Crippen LogP contribution in [0.3, 0.4) is 0 Å². The van der Waals surface area contributed by atoms with Crippen LogP contribution in [0.4, 0.5) is 0 Å². The van der Waals surface area contributed by atoms with Gasteiger partial charge in [0.15, 0.2) is 5.75 Å². The minimum absolute atomic E-state index is 0.111. The molecule has 0 aliphatic rings. The quantitative estimate of drug-likeness (QED) is 0.671. The van der Waals surface area contributed by atoms with Gasteiger partial charge in [-0.05, 0) is 29.8 Å². The molecule has 0 aliphatic heterocycles. The summed E-state index contributed by atoms with van der Waals surface area (Å²) in [6.45, 7) is 0.246. The molecule has 6 nitrogen and oxygen atoms in total. The largest absolute Gasteiger partial charge is 0.485 e. The van der Waals surface area contributed by atoms with Gasteiger partial charge in [0, 0.05) is 0 Å². The number of carbonyl (C=O) groups excluding carboxylic acids is 1. The molecule has 124 valence electrons. The fraction of sp³-hybridized carbons (Fsp3) is 0.105. The van der Waals surface area contributed by atoms with Crippen LogP contribution in [-0.2, 0) is 11.3 Å². The van der Waals surface area contributed by atoms with Gasteiger partial charge in [-0.1, -0.05) is 30.3 Å². The summed E-state index contributed by atoms with van der Waals surface area (Å²) in [7, 11) is 1.30. The maximum Gasteiger partial charge on any atom is 0.362 e. The molecule has 1 heterocycles. The first-order valence-corrected chi connectivity index (χ1v) is 7.56. The molecule has 0 saturated carbocycles. The van der Waals surface area contributed by atoms with Crippen molar-refractivity contribution in [1.82, 2.24) is 9.78 Å². The Morgan fingerprint density at radius 2 is 1.88 bits per heavy atom. The van der Waals surface area contributed by atoms with E-state index in [1.807, 2.05) is 30.3 Å². The third-order valence-electron chi connectivity index (χ3n) is 3.56. The molecule has 2 aromatic carbocycles. The zero-order chi connectivity index (χ0) is 17.6. The van der Waals surface area contributed by atoms with Gasteiger partial charge in [-0.15, -0.1) is 0 Å². The predicted molar refractivity (Wildman–Crippen MR) is 90.4 cm³/mol. The summed E-state index contributed by atoms with van der Waals surface area (Å²) in [5, 5.41) is 13.1. The molecule has 0 unspecified atom stereocenters. The number of benzene rings is 2. The van der Waals surface area contributed by atoms with Crippen molar-refractivity contribution < 1.29 is 14.3 Å². The smallest absolute Gasteiger partial charge is 0.362 e. The van der Waals surface area contributed by atoms with Gasteiger partial charge in [-0.25, -0.2) is 9.48 Å². The highest BCUT2D eigenvalue weighted by Gasteiger charge is 2.19. The van der Waals surface area contributed by atoms with Gasteiger partial charge >= 0.3 is 5.97 Å². The molecule has 1 aromatic heterocycles. The van der Waals surface area contributed by atoms with Gasteiger partial charge in [0.2, 0.25) is 5.69 Å². The second-order valence-electron chi connectivity index (χ2n) is 5.21. The summed E-state index contributed by atoms with van der Waals surface area (Å²) in [5.74, 6) is -0.232. The summed E-state index contributed by atoms with van der Waals surface area (Å²) < 4.78 is 12.1. The Labute approximate surface area is 144 Å². The third-order valence-corrected chi connectivity index (χ3v) is 3.56. The van der Waals surface area contributed by atoms with Crippen LogP contribution in [0, 0.1) is 11.3 Å². The van der Waals surface area contributed by atoms with Crippen LogP contribution in [0.25, 0.3) is 5.69 Å². The highest BCUT2D eigenvalue weighted by Crippen LogP contribution is 2.22. The van der Waals surface area contributed by atoms with Crippen molar-refractivity contribution >= 4 is 5.97 Å². The molecule has 3 rings (SSSR count). The summed E-state index contributed by atoms with van der Waals surface area (Å²) in [4.78, 5) is 12.0. The lowest BCUT2D eigenvalue weighted by Crippen LogP contribution is -2.06. The minimum atomic E-state index is -0.565. The molecular weight excluding hydrogens is 318 g/mol. The second kappa shape index (κ2) is 7.32. The number of methoxy groups -OCH3 is 1. The monoisotopic (exact) mass is 333 g/mol. The van der Waals surface area contributed by atoms with E-state index in [1.54, 1.807) is 35.1 Å². The van der Waals surface area contributed by atoms with Gasteiger partial charge in [-0.3, -0.25) is 0 Å². The average Bonchev–Trinajstić information content (AvgIpc) is 3.11. The van der Waals surface area contributed by atoms with Crippen LogP contribution < -0.4 is 4.74 Å². The first-order chi connectivity index (χ1) is 12.2. The molecule has 0 fully saturated rings. The van der Waals surface area contributed by atoms with Crippen molar-refractivity contribution in [2.45, 2.75) is 6.61 Å². The summed E-state index contributed by atoms with van der Waals surface area (Å²) in [5.41, 5.74) is 2.37. The van der Waals surface area contributed by atoms with E-state index in [-0.39, 0.29) is 12.3 Å². The van der Waals surface area contributed by atoms with Crippen molar-refractivity contribution in [2.24, 2.45) is 0 Å². The maximum absolute atomic E-state index is 12.0. The zero-order valence-electron chi connectivity index (χ0n) is 13.5. The van der Waals surface area contributed by atoms with E-state index in [2.05, 4.69) is 11.2 Å². The number of carbonyl (C=O) groups is 1. The Bertz CT molecular complexity index is 909. The van der Waals surface area contributed by atoms with Crippen LogP contribution in [0.1, 0.15) is 21.6 Å². The van der Waals surface area contributed by atoms with Gasteiger partial charge in [0.25, 0.3) is 0 Å². The Morgan fingerprint density at radius 3 is 2.52 bits per heavy atom. The molecule has 0 spiro atoms. The van der Waals surface area contributed by atoms with E-state index in [0.717, 1.165) is 11.3 Å². The van der Waals surface area contributed by atoms with E-state index < -0.39 is 5.97 Å². The van der Waals surface area contributed by atoms with Crippen molar-refractivity contribution in [2.75, 3.05) is 7.11 Å². The number of rotatable bonds is 5. The van der Waals surface area contributed by atoms with Crippen molar-refractivity contribution in [3.63, 3.8) is 0 Å². The molecule has 0 aliphatic carbocycles. The first-order valence-electron chi connectivity index (χ1n) is 7.56. The van der Waals surface area contributed by atoms with E-state index in [1.165, 1.54) is 7.11 Å². The second-order valence-corrected chi connectivity index (χ2v) is 5.21. The van der Waals surface area contributed by atoms with Crippen LogP contribution in [0.2, 0.25) is 0 Å². The number of hydrogen-bond acceptors (Lipinski definition) is 5. The lowest BCUT2D eigenvalue weighted by molar-refractivity contribution is 0.0588. The molecule has 25 heavy (non-hydrogen) atoms. The topological polar surface area (TPSA) is 77.1 Å². The molecule has 6 heteroatoms. The third kappa shape index (κ3) is 3.67. The molecular formula is C19H15N3O3. The Morgan fingerprint density at radius 1 is 1.16 bits per heavy atom. The van der Waals surface area contributed by atoms with Crippen molar-refractivity contribution in [3.05, 3.63) is 77.6 Å². The normalized spacial score (nSPS) is 10.1. The average molecular weight is 333 g/mol. The van der Waals surface area contributed by atoms with Gasteiger partial charge in [0.05, 0.1) is 30.6 Å². The summed E-state index contributed by atoms with van der Waals surface area (Å²) in [6, 6.07) is 18.5. The molecule has 0 atom stereocenters. The zero-order valence-corrected chi connectivity index (χ0v) is 13.5. The van der Waals surface area contributed by atoms with Gasteiger partial charge in [-0.2, -0.15) is 10.4 Å². The number of aromatic nitrogens is 2. The molecule has 0 N–H and O–H groups in total. The number of ether oxygens (including phenoxy) is 2. The van der Waals surface area contributed by atoms with Crippen LogP contribution in [0.15, 0.2) is 60.8 Å². The van der Waals surface area contributed by atoms with Crippen molar-refractivity contribution in [3.8, 4) is 17.5 Å². The molecule has 0 amide bonds. The molecule has 0 bridgehead atoms. The Balaban J connectivity index is 1.84. The Hall–Kier alpha value is -3.59. The SMILES string of the molecule is COC(=O)c1nn(-c2ccccc2)cc1OCc1ccc(C#N)cc1. The number of para-hydroxylation sites is 1. The van der Waals surface area contributed by atoms with Gasteiger partial charge in [0.1, 0.15) is 6.61 Å². The summed E-state index contributed by atoms with van der Waals surface area (Å²) >= 11 is 0. The lowest BCUT2D eigenvalue weighted by atomic mass is 10.2. The number of esters is 1. The number of nitrogens with zero attached hydrogens (tertiary/aromatic N) is 3. The van der Waals surface area contributed by atoms with E-state index in [4.69, 9.17) is 14.7 Å². The lowest BCUT2D eigenvalue weighted by Gasteiger charge is -2.05. The summed E-state index contributed by atoms with van der Waals surface area (Å²) in [6.07, 6.45) is 1.64. The fourth-order valence-electron chi connectivity index (χ4n) is 2.25. The van der Waals surface area contributed by atoms with E-state index in [0.29, 0.717) is 11.3 Å². The standard InChI is InChI=1S/C19H15N3O3/c1-24-19(23)18-17(12-22(21-18)16-5-3-2-4-6-16)25-13-15-9-7-14(11-20)8-10-15/h2-10,12H,13H2,1H3. The maximum atomic E-state index is 12.0. The number of nitriles is 1. The first kappa shape index (κ1) is 16.3.